The first kappa shape index (κ1) is 16.9. The zero-order valence-electron chi connectivity index (χ0n) is 13.7. The number of aromatic nitrogens is 3. The third-order valence-electron chi connectivity index (χ3n) is 4.80. The predicted octanol–water partition coefficient (Wildman–Crippen LogP) is 3.21. The summed E-state index contributed by atoms with van der Waals surface area (Å²) in [6.07, 6.45) is 4.45. The lowest BCUT2D eigenvalue weighted by Crippen LogP contribution is -2.49. The number of likely N-dealkylation sites (N-methyl/N-ethyl adjacent to an activating group) is 1. The number of nitrogens with one attached hydrogen (secondary N) is 1. The van der Waals surface area contributed by atoms with E-state index < -0.39 is 0 Å². The Morgan fingerprint density at radius 2 is 1.95 bits per heavy atom. The second kappa shape index (κ2) is 6.34. The standard InChI is InChI=1S/C15H27BrN4O/c1-6-21-15(9-7-14(2,3)8-10-15)12(17-4)11-13(16)18-19-20(11)5/h12,17H,6-10H2,1-5H3. The third-order valence-corrected chi connectivity index (χ3v) is 5.36. The quantitative estimate of drug-likeness (QED) is 0.877. The van der Waals surface area contributed by atoms with Crippen molar-refractivity contribution >= 4 is 15.9 Å². The van der Waals surface area contributed by atoms with Gasteiger partial charge >= 0.3 is 0 Å². The van der Waals surface area contributed by atoms with Crippen molar-refractivity contribution in [2.75, 3.05) is 13.7 Å². The fourth-order valence-electron chi connectivity index (χ4n) is 3.45. The van der Waals surface area contributed by atoms with Gasteiger partial charge < -0.3 is 10.1 Å². The first-order valence-electron chi connectivity index (χ1n) is 7.71. The molecule has 1 unspecified atom stereocenters. The molecule has 1 aromatic rings. The number of nitrogens with zero attached hydrogens (tertiary/aromatic N) is 3. The normalized spacial score (nSPS) is 22.2. The molecule has 1 aliphatic rings. The van der Waals surface area contributed by atoms with E-state index in [0.717, 1.165) is 29.7 Å². The van der Waals surface area contributed by atoms with Crippen molar-refractivity contribution in [3.63, 3.8) is 0 Å². The zero-order valence-corrected chi connectivity index (χ0v) is 15.3. The zero-order chi connectivity index (χ0) is 15.7. The van der Waals surface area contributed by atoms with Crippen LogP contribution in [0.15, 0.2) is 4.60 Å². The van der Waals surface area contributed by atoms with E-state index in [1.807, 2.05) is 18.8 Å². The van der Waals surface area contributed by atoms with Crippen molar-refractivity contribution < 1.29 is 4.74 Å². The lowest BCUT2D eigenvalue weighted by molar-refractivity contribution is -0.108. The van der Waals surface area contributed by atoms with Crippen LogP contribution < -0.4 is 5.32 Å². The highest BCUT2D eigenvalue weighted by Gasteiger charge is 2.46. The topological polar surface area (TPSA) is 52.0 Å². The molecule has 6 heteroatoms. The minimum Gasteiger partial charge on any atom is -0.373 e. The number of hydrogen-bond acceptors (Lipinski definition) is 4. The fourth-order valence-corrected chi connectivity index (χ4v) is 4.00. The van der Waals surface area contributed by atoms with E-state index in [4.69, 9.17) is 4.74 Å². The maximum atomic E-state index is 6.30. The molecule has 1 N–H and O–H groups in total. The Hall–Kier alpha value is -0.460. The van der Waals surface area contributed by atoms with Gasteiger partial charge in [0.25, 0.3) is 0 Å². The molecule has 0 amide bonds. The van der Waals surface area contributed by atoms with Crippen molar-refractivity contribution in [2.24, 2.45) is 12.5 Å². The van der Waals surface area contributed by atoms with Gasteiger partial charge in [0.05, 0.1) is 17.3 Å². The SMILES string of the molecule is CCOC1(C(NC)c2c(Br)nnn2C)CCC(C)(C)CC1. The molecule has 1 saturated carbocycles. The van der Waals surface area contributed by atoms with Crippen molar-refractivity contribution in [3.05, 3.63) is 10.3 Å². The molecular formula is C15H27BrN4O. The molecule has 1 heterocycles. The summed E-state index contributed by atoms with van der Waals surface area (Å²) in [5, 5.41) is 11.7. The van der Waals surface area contributed by atoms with Gasteiger partial charge in [-0.2, -0.15) is 0 Å². The van der Waals surface area contributed by atoms with Gasteiger partial charge in [-0.3, -0.25) is 0 Å². The summed E-state index contributed by atoms with van der Waals surface area (Å²) in [4.78, 5) is 0. The van der Waals surface area contributed by atoms with Gasteiger partial charge in [0.1, 0.15) is 0 Å². The van der Waals surface area contributed by atoms with E-state index >= 15 is 0 Å². The maximum Gasteiger partial charge on any atom is 0.153 e. The van der Waals surface area contributed by atoms with E-state index in [0.29, 0.717) is 5.41 Å². The van der Waals surface area contributed by atoms with Gasteiger partial charge in [-0.15, -0.1) is 5.10 Å². The number of rotatable bonds is 5. The molecule has 0 saturated heterocycles. The van der Waals surface area contributed by atoms with E-state index in [1.165, 1.54) is 12.8 Å². The summed E-state index contributed by atoms with van der Waals surface area (Å²) in [5.41, 5.74) is 1.28. The fraction of sp³-hybridized carbons (Fsp3) is 0.867. The summed E-state index contributed by atoms with van der Waals surface area (Å²) in [7, 11) is 3.93. The predicted molar refractivity (Wildman–Crippen MR) is 87.1 cm³/mol. The molecule has 120 valence electrons. The molecule has 21 heavy (non-hydrogen) atoms. The number of hydrogen-bond donors (Lipinski definition) is 1. The summed E-state index contributed by atoms with van der Waals surface area (Å²) in [6.45, 7) is 7.49. The lowest BCUT2D eigenvalue weighted by atomic mass is 9.68. The molecule has 1 fully saturated rings. The van der Waals surface area contributed by atoms with Crippen molar-refractivity contribution in [1.82, 2.24) is 20.3 Å². The van der Waals surface area contributed by atoms with Crippen LogP contribution in [0.3, 0.4) is 0 Å². The summed E-state index contributed by atoms with van der Waals surface area (Å²) in [5.74, 6) is 0. The minimum atomic E-state index is -0.184. The van der Waals surface area contributed by atoms with Gasteiger partial charge in [0.15, 0.2) is 4.60 Å². The molecule has 1 aromatic heterocycles. The van der Waals surface area contributed by atoms with E-state index in [1.54, 1.807) is 0 Å². The monoisotopic (exact) mass is 358 g/mol. The van der Waals surface area contributed by atoms with Gasteiger partial charge in [0, 0.05) is 13.7 Å². The second-order valence-electron chi connectivity index (χ2n) is 6.77. The van der Waals surface area contributed by atoms with Crippen molar-refractivity contribution in [3.8, 4) is 0 Å². The molecular weight excluding hydrogens is 332 g/mol. The number of ether oxygens (including phenoxy) is 1. The van der Waals surface area contributed by atoms with E-state index in [-0.39, 0.29) is 11.6 Å². The van der Waals surface area contributed by atoms with Crippen LogP contribution in [0.2, 0.25) is 0 Å². The van der Waals surface area contributed by atoms with Crippen molar-refractivity contribution in [2.45, 2.75) is 58.1 Å². The Morgan fingerprint density at radius 3 is 2.38 bits per heavy atom. The first-order valence-corrected chi connectivity index (χ1v) is 8.51. The molecule has 5 nitrogen and oxygen atoms in total. The molecule has 0 radical (unpaired) electrons. The molecule has 1 aliphatic carbocycles. The molecule has 0 spiro atoms. The summed E-state index contributed by atoms with van der Waals surface area (Å²) in [6, 6.07) is 0.0860. The molecule has 0 bridgehead atoms. The van der Waals surface area contributed by atoms with E-state index in [9.17, 15) is 0 Å². The summed E-state index contributed by atoms with van der Waals surface area (Å²) >= 11 is 3.53. The third kappa shape index (κ3) is 3.32. The summed E-state index contributed by atoms with van der Waals surface area (Å²) < 4.78 is 8.94. The Labute approximate surface area is 135 Å². The Balaban J connectivity index is 2.36. The van der Waals surface area contributed by atoms with Crippen LogP contribution in [-0.2, 0) is 11.8 Å². The molecule has 1 atom stereocenters. The van der Waals surface area contributed by atoms with Crippen LogP contribution in [0.4, 0.5) is 0 Å². The Morgan fingerprint density at radius 1 is 1.33 bits per heavy atom. The average molecular weight is 359 g/mol. The molecule has 0 aliphatic heterocycles. The minimum absolute atomic E-state index is 0.0860. The van der Waals surface area contributed by atoms with Gasteiger partial charge in [-0.05, 0) is 61.0 Å². The average Bonchev–Trinajstić information content (AvgIpc) is 2.75. The lowest BCUT2D eigenvalue weighted by Gasteiger charge is -2.47. The number of halogens is 1. The van der Waals surface area contributed by atoms with Gasteiger partial charge in [0.2, 0.25) is 0 Å². The van der Waals surface area contributed by atoms with Gasteiger partial charge in [-0.1, -0.05) is 19.1 Å². The molecule has 0 aromatic carbocycles. The van der Waals surface area contributed by atoms with Crippen LogP contribution in [0.5, 0.6) is 0 Å². The highest BCUT2D eigenvalue weighted by atomic mass is 79.9. The van der Waals surface area contributed by atoms with Crippen LogP contribution in [0.25, 0.3) is 0 Å². The van der Waals surface area contributed by atoms with Crippen LogP contribution in [-0.4, -0.2) is 34.2 Å². The Bertz CT molecular complexity index is 457. The van der Waals surface area contributed by atoms with Gasteiger partial charge in [-0.25, -0.2) is 4.68 Å². The van der Waals surface area contributed by atoms with Crippen LogP contribution in [0, 0.1) is 5.41 Å². The van der Waals surface area contributed by atoms with Crippen LogP contribution >= 0.6 is 15.9 Å². The van der Waals surface area contributed by atoms with Crippen LogP contribution in [0.1, 0.15) is 58.2 Å². The largest absolute Gasteiger partial charge is 0.373 e. The highest BCUT2D eigenvalue weighted by molar-refractivity contribution is 9.10. The van der Waals surface area contributed by atoms with E-state index in [2.05, 4.69) is 52.3 Å². The Kier molecular flexibility index (Phi) is 5.11. The van der Waals surface area contributed by atoms with Crippen molar-refractivity contribution in [1.29, 1.82) is 0 Å². The second-order valence-corrected chi connectivity index (χ2v) is 7.52. The highest BCUT2D eigenvalue weighted by Crippen LogP contribution is 2.48. The first-order chi connectivity index (χ1) is 9.85. The maximum absolute atomic E-state index is 6.30. The molecule has 2 rings (SSSR count). The smallest absolute Gasteiger partial charge is 0.153 e. The number of aryl methyl sites for hydroxylation is 1.